The van der Waals surface area contributed by atoms with Crippen molar-refractivity contribution in [1.29, 1.82) is 0 Å². The first-order valence-electron chi connectivity index (χ1n) is 8.95. The molecule has 1 saturated heterocycles. The molecular weight excluding hydrogens is 346 g/mol. The molecule has 0 atom stereocenters. The maximum Gasteiger partial charge on any atom is 0.256 e. The van der Waals surface area contributed by atoms with Crippen molar-refractivity contribution in [3.8, 4) is 17.2 Å². The molecule has 1 heterocycles. The molecule has 0 aromatic heterocycles. The number of benzene rings is 1. The van der Waals surface area contributed by atoms with Crippen LogP contribution < -0.4 is 14.2 Å². The molecule has 1 aromatic rings. The number of hydrogen-bond acceptors (Lipinski definition) is 5. The van der Waals surface area contributed by atoms with Crippen molar-refractivity contribution in [2.24, 2.45) is 5.92 Å². The topological polar surface area (TPSA) is 65.1 Å². The van der Waals surface area contributed by atoms with Crippen LogP contribution in [0.5, 0.6) is 17.2 Å². The molecular formula is C21H27NO5. The van der Waals surface area contributed by atoms with E-state index in [1.165, 1.54) is 32.3 Å². The van der Waals surface area contributed by atoms with E-state index in [0.29, 0.717) is 34.9 Å². The number of methoxy groups -OCH3 is 3. The molecule has 0 spiro atoms. The number of piperidine rings is 1. The van der Waals surface area contributed by atoms with Gasteiger partial charge in [0.15, 0.2) is 11.5 Å². The third-order valence-electron chi connectivity index (χ3n) is 4.25. The van der Waals surface area contributed by atoms with Crippen LogP contribution in [0.15, 0.2) is 29.9 Å². The van der Waals surface area contributed by atoms with Crippen LogP contribution >= 0.6 is 0 Å². The standard InChI is InChI=1S/C21H27NO5/c1-14(2)11-16-7-6-10-22(21(16)24)19(23)9-8-15-12-17(25-3)20(27-5)18(13-15)26-4/h8-9,11-14H,6-7,10H2,1-5H3/b9-8+,16-11+. The minimum atomic E-state index is -0.330. The molecule has 146 valence electrons. The summed E-state index contributed by atoms with van der Waals surface area (Å²) in [6.45, 7) is 4.48. The Morgan fingerprint density at radius 1 is 1.11 bits per heavy atom. The predicted octanol–water partition coefficient (Wildman–Crippen LogP) is 3.46. The van der Waals surface area contributed by atoms with Crippen LogP contribution in [0.2, 0.25) is 0 Å². The normalized spacial score (nSPS) is 16.3. The van der Waals surface area contributed by atoms with Gasteiger partial charge in [-0.2, -0.15) is 0 Å². The second kappa shape index (κ2) is 9.26. The fourth-order valence-corrected chi connectivity index (χ4v) is 3.03. The first-order valence-corrected chi connectivity index (χ1v) is 8.95. The Morgan fingerprint density at radius 2 is 1.74 bits per heavy atom. The molecule has 1 aliphatic heterocycles. The van der Waals surface area contributed by atoms with E-state index in [9.17, 15) is 9.59 Å². The van der Waals surface area contributed by atoms with Crippen molar-refractivity contribution in [3.63, 3.8) is 0 Å². The first-order chi connectivity index (χ1) is 12.9. The highest BCUT2D eigenvalue weighted by Gasteiger charge is 2.27. The third-order valence-corrected chi connectivity index (χ3v) is 4.25. The van der Waals surface area contributed by atoms with Crippen LogP contribution in [-0.4, -0.2) is 44.6 Å². The average Bonchev–Trinajstić information content (AvgIpc) is 2.66. The average molecular weight is 373 g/mol. The lowest BCUT2D eigenvalue weighted by atomic mass is 9.99. The van der Waals surface area contributed by atoms with E-state index in [1.54, 1.807) is 18.2 Å². The zero-order valence-electron chi connectivity index (χ0n) is 16.6. The number of carbonyl (C=O) groups excluding carboxylic acids is 2. The summed E-state index contributed by atoms with van der Waals surface area (Å²) in [5.41, 5.74) is 1.42. The van der Waals surface area contributed by atoms with Gasteiger partial charge < -0.3 is 14.2 Å². The second-order valence-corrected chi connectivity index (χ2v) is 6.63. The number of nitrogens with zero attached hydrogens (tertiary/aromatic N) is 1. The molecule has 2 amide bonds. The van der Waals surface area contributed by atoms with Crippen LogP contribution in [0.4, 0.5) is 0 Å². The Kier molecular flexibility index (Phi) is 7.05. The number of imide groups is 1. The molecule has 6 nitrogen and oxygen atoms in total. The summed E-state index contributed by atoms with van der Waals surface area (Å²) >= 11 is 0. The molecule has 6 heteroatoms. The molecule has 0 bridgehead atoms. The molecule has 0 unspecified atom stereocenters. The summed E-state index contributed by atoms with van der Waals surface area (Å²) in [4.78, 5) is 26.4. The molecule has 1 aliphatic rings. The highest BCUT2D eigenvalue weighted by Crippen LogP contribution is 2.38. The molecule has 0 aliphatic carbocycles. The zero-order valence-corrected chi connectivity index (χ0v) is 16.6. The quantitative estimate of drug-likeness (QED) is 0.715. The lowest BCUT2D eigenvalue weighted by molar-refractivity contribution is -0.140. The van der Waals surface area contributed by atoms with Crippen molar-refractivity contribution in [2.75, 3.05) is 27.9 Å². The molecule has 0 saturated carbocycles. The molecule has 27 heavy (non-hydrogen) atoms. The number of ether oxygens (including phenoxy) is 3. The van der Waals surface area contributed by atoms with Gasteiger partial charge in [0.25, 0.3) is 11.8 Å². The summed E-state index contributed by atoms with van der Waals surface area (Å²) in [6, 6.07) is 3.49. The fraction of sp³-hybridized carbons (Fsp3) is 0.429. The number of hydrogen-bond donors (Lipinski definition) is 0. The SMILES string of the molecule is COc1cc(/C=C/C(=O)N2CCC/C(=C\C(C)C)C2=O)cc(OC)c1OC. The Labute approximate surface area is 160 Å². The van der Waals surface area contributed by atoms with Crippen molar-refractivity contribution in [1.82, 2.24) is 4.90 Å². The largest absolute Gasteiger partial charge is 0.493 e. The van der Waals surface area contributed by atoms with Crippen molar-refractivity contribution in [2.45, 2.75) is 26.7 Å². The molecule has 0 N–H and O–H groups in total. The predicted molar refractivity (Wildman–Crippen MR) is 104 cm³/mol. The lowest BCUT2D eigenvalue weighted by Crippen LogP contribution is -2.40. The first kappa shape index (κ1) is 20.6. The minimum Gasteiger partial charge on any atom is -0.493 e. The summed E-state index contributed by atoms with van der Waals surface area (Å²) in [6.07, 6.45) is 6.48. The number of rotatable bonds is 6. The summed E-state index contributed by atoms with van der Waals surface area (Å²) in [5.74, 6) is 1.23. The maximum atomic E-state index is 12.5. The molecule has 2 rings (SSSR count). The van der Waals surface area contributed by atoms with Crippen molar-refractivity contribution in [3.05, 3.63) is 35.4 Å². The van der Waals surface area contributed by atoms with Gasteiger partial charge in [0, 0.05) is 18.2 Å². The van der Waals surface area contributed by atoms with Gasteiger partial charge in [0.05, 0.1) is 21.3 Å². The number of allylic oxidation sites excluding steroid dienone is 1. The van der Waals surface area contributed by atoms with Gasteiger partial charge in [-0.3, -0.25) is 14.5 Å². The molecule has 1 fully saturated rings. The van der Waals surface area contributed by atoms with Crippen molar-refractivity contribution >= 4 is 17.9 Å². The van der Waals surface area contributed by atoms with Crippen LogP contribution in [0.3, 0.4) is 0 Å². The highest BCUT2D eigenvalue weighted by molar-refractivity contribution is 6.09. The maximum absolute atomic E-state index is 12.5. The smallest absolute Gasteiger partial charge is 0.256 e. The van der Waals surface area contributed by atoms with E-state index in [2.05, 4.69) is 0 Å². The van der Waals surface area contributed by atoms with Gasteiger partial charge in [-0.15, -0.1) is 0 Å². The monoisotopic (exact) mass is 373 g/mol. The number of amides is 2. The third kappa shape index (κ3) is 4.90. The van der Waals surface area contributed by atoms with E-state index in [0.717, 1.165) is 12.8 Å². The van der Waals surface area contributed by atoms with Gasteiger partial charge in [-0.25, -0.2) is 0 Å². The summed E-state index contributed by atoms with van der Waals surface area (Å²) < 4.78 is 15.9. The molecule has 1 aromatic carbocycles. The van der Waals surface area contributed by atoms with Crippen LogP contribution in [-0.2, 0) is 9.59 Å². The van der Waals surface area contributed by atoms with E-state index in [4.69, 9.17) is 14.2 Å². The van der Waals surface area contributed by atoms with Gasteiger partial charge in [0.2, 0.25) is 5.75 Å². The van der Waals surface area contributed by atoms with Crippen molar-refractivity contribution < 1.29 is 23.8 Å². The summed E-state index contributed by atoms with van der Waals surface area (Å²) in [7, 11) is 4.60. The van der Waals surface area contributed by atoms with Gasteiger partial charge >= 0.3 is 0 Å². The van der Waals surface area contributed by atoms with Gasteiger partial charge in [-0.1, -0.05) is 19.9 Å². The van der Waals surface area contributed by atoms with Crippen LogP contribution in [0.25, 0.3) is 6.08 Å². The summed E-state index contributed by atoms with van der Waals surface area (Å²) in [5, 5.41) is 0. The van der Waals surface area contributed by atoms with E-state index in [1.807, 2.05) is 19.9 Å². The Morgan fingerprint density at radius 3 is 2.26 bits per heavy atom. The van der Waals surface area contributed by atoms with E-state index >= 15 is 0 Å². The minimum absolute atomic E-state index is 0.200. The highest BCUT2D eigenvalue weighted by atomic mass is 16.5. The van der Waals surface area contributed by atoms with Crippen LogP contribution in [0, 0.1) is 5.92 Å². The molecule has 0 radical (unpaired) electrons. The lowest BCUT2D eigenvalue weighted by Gasteiger charge is -2.26. The Bertz CT molecular complexity index is 739. The second-order valence-electron chi connectivity index (χ2n) is 6.63. The van der Waals surface area contributed by atoms with E-state index < -0.39 is 0 Å². The number of likely N-dealkylation sites (tertiary alicyclic amines) is 1. The van der Waals surface area contributed by atoms with Gasteiger partial charge in [-0.05, 0) is 42.5 Å². The number of carbonyl (C=O) groups is 2. The Hall–Kier alpha value is -2.76. The fourth-order valence-electron chi connectivity index (χ4n) is 3.03. The zero-order chi connectivity index (χ0) is 20.0. The Balaban J connectivity index is 2.22. The van der Waals surface area contributed by atoms with E-state index in [-0.39, 0.29) is 17.7 Å². The van der Waals surface area contributed by atoms with Gasteiger partial charge in [0.1, 0.15) is 0 Å². The van der Waals surface area contributed by atoms with Crippen LogP contribution in [0.1, 0.15) is 32.3 Å².